The lowest BCUT2D eigenvalue weighted by Gasteiger charge is -2.19. The quantitative estimate of drug-likeness (QED) is 0.342. The van der Waals surface area contributed by atoms with E-state index in [9.17, 15) is 4.79 Å². The van der Waals surface area contributed by atoms with Crippen LogP contribution in [0.3, 0.4) is 0 Å². The number of allylic oxidation sites excluding steroid dienone is 1. The molecular weight excluding hydrogens is 428 g/mol. The molecule has 7 heteroatoms. The van der Waals surface area contributed by atoms with Crippen LogP contribution in [0.4, 0.5) is 0 Å². The number of nitrogens with zero attached hydrogens (tertiary/aromatic N) is 3. The van der Waals surface area contributed by atoms with Crippen LogP contribution in [0.2, 0.25) is 0 Å². The van der Waals surface area contributed by atoms with Gasteiger partial charge in [-0.1, -0.05) is 72.7 Å². The Morgan fingerprint density at radius 1 is 1.12 bits per heavy atom. The van der Waals surface area contributed by atoms with Gasteiger partial charge >= 0.3 is 0 Å². The van der Waals surface area contributed by atoms with Gasteiger partial charge in [-0.3, -0.25) is 9.63 Å². The molecule has 4 rings (SSSR count). The highest BCUT2D eigenvalue weighted by atomic mass is 16.6. The van der Waals surface area contributed by atoms with E-state index < -0.39 is 0 Å². The fourth-order valence-corrected chi connectivity index (χ4v) is 4.15. The summed E-state index contributed by atoms with van der Waals surface area (Å²) in [5.74, 6) is 0.946. The molecule has 1 amide bonds. The van der Waals surface area contributed by atoms with Crippen LogP contribution in [0.25, 0.3) is 12.2 Å². The van der Waals surface area contributed by atoms with Gasteiger partial charge in [-0.25, -0.2) is 10.2 Å². The molecule has 1 aromatic heterocycles. The van der Waals surface area contributed by atoms with Gasteiger partial charge in [0.15, 0.2) is 0 Å². The van der Waals surface area contributed by atoms with Crippen molar-refractivity contribution in [3.05, 3.63) is 89.8 Å². The maximum absolute atomic E-state index is 12.1. The van der Waals surface area contributed by atoms with E-state index in [0.29, 0.717) is 11.6 Å². The summed E-state index contributed by atoms with van der Waals surface area (Å²) in [5.41, 5.74) is 5.14. The van der Waals surface area contributed by atoms with E-state index in [1.807, 2.05) is 53.3 Å². The molecule has 1 atom stereocenters. The molecule has 1 fully saturated rings. The normalized spacial score (nSPS) is 15.2. The van der Waals surface area contributed by atoms with Gasteiger partial charge in [-0.15, -0.1) is 5.10 Å². The molecule has 1 aliphatic carbocycles. The summed E-state index contributed by atoms with van der Waals surface area (Å²) >= 11 is 0. The number of carbonyl (C=O) groups is 1. The second-order valence-electron chi connectivity index (χ2n) is 8.36. The molecule has 0 bridgehead atoms. The number of carbonyl (C=O) groups excluding carboxylic acids is 1. The summed E-state index contributed by atoms with van der Waals surface area (Å²) in [6.07, 6.45) is 14.2. The maximum Gasteiger partial charge on any atom is 0.267 e. The largest absolute Gasteiger partial charge is 0.497 e. The van der Waals surface area contributed by atoms with Gasteiger partial charge < -0.3 is 4.74 Å². The number of hydroxylamine groups is 1. The highest BCUT2D eigenvalue weighted by Gasteiger charge is 2.25. The number of methoxy groups -OCH3 is 1. The van der Waals surface area contributed by atoms with Gasteiger partial charge in [0.1, 0.15) is 11.4 Å². The lowest BCUT2D eigenvalue weighted by Crippen LogP contribution is -2.21. The molecule has 1 unspecified atom stereocenters. The topological polar surface area (TPSA) is 78.3 Å². The van der Waals surface area contributed by atoms with E-state index in [1.165, 1.54) is 31.8 Å². The number of nitrogens with one attached hydrogen (secondary N) is 1. The van der Waals surface area contributed by atoms with Crippen molar-refractivity contribution in [1.29, 1.82) is 0 Å². The Kier molecular flexibility index (Phi) is 8.24. The van der Waals surface area contributed by atoms with Gasteiger partial charge in [-0.05, 0) is 48.1 Å². The molecular formula is C27H30N4O3. The summed E-state index contributed by atoms with van der Waals surface area (Å²) in [5, 5.41) is 8.60. The number of hydrogen-bond acceptors (Lipinski definition) is 5. The van der Waals surface area contributed by atoms with E-state index in [-0.39, 0.29) is 18.6 Å². The minimum absolute atomic E-state index is 0.138. The third-order valence-electron chi connectivity index (χ3n) is 5.98. The van der Waals surface area contributed by atoms with Gasteiger partial charge in [0.2, 0.25) is 0 Å². The van der Waals surface area contributed by atoms with Crippen molar-refractivity contribution >= 4 is 18.1 Å². The Hall–Kier alpha value is -3.71. The first-order chi connectivity index (χ1) is 16.7. The van der Waals surface area contributed by atoms with Crippen molar-refractivity contribution in [2.45, 2.75) is 38.3 Å². The second kappa shape index (κ2) is 12.0. The molecule has 0 radical (unpaired) electrons. The molecule has 0 saturated heterocycles. The van der Waals surface area contributed by atoms with Crippen molar-refractivity contribution in [3.63, 3.8) is 0 Å². The van der Waals surface area contributed by atoms with Crippen LogP contribution in [-0.2, 0) is 16.2 Å². The third-order valence-corrected chi connectivity index (χ3v) is 5.98. The first-order valence-electron chi connectivity index (χ1n) is 11.6. The molecule has 34 heavy (non-hydrogen) atoms. The molecule has 0 spiro atoms. The fraction of sp³-hybridized carbons (Fsp3) is 0.296. The molecule has 7 nitrogen and oxygen atoms in total. The highest BCUT2D eigenvalue weighted by molar-refractivity contribution is 5.90. The number of ether oxygens (including phenoxy) is 1. The predicted molar refractivity (Wildman–Crippen MR) is 131 cm³/mol. The average molecular weight is 459 g/mol. The van der Waals surface area contributed by atoms with Crippen LogP contribution < -0.4 is 10.2 Å². The lowest BCUT2D eigenvalue weighted by atomic mass is 9.97. The van der Waals surface area contributed by atoms with E-state index in [2.05, 4.69) is 40.1 Å². The van der Waals surface area contributed by atoms with Gasteiger partial charge in [0.05, 0.1) is 26.0 Å². The van der Waals surface area contributed by atoms with Crippen molar-refractivity contribution in [1.82, 2.24) is 20.5 Å². The van der Waals surface area contributed by atoms with Crippen LogP contribution in [0.5, 0.6) is 5.75 Å². The van der Waals surface area contributed by atoms with Crippen molar-refractivity contribution in [2.24, 2.45) is 5.92 Å². The first-order valence-corrected chi connectivity index (χ1v) is 11.6. The summed E-state index contributed by atoms with van der Waals surface area (Å²) in [6.45, 7) is 0.260. The number of hydrogen-bond donors (Lipinski definition) is 1. The van der Waals surface area contributed by atoms with E-state index in [0.717, 1.165) is 16.9 Å². The van der Waals surface area contributed by atoms with Crippen LogP contribution in [0, 0.1) is 5.92 Å². The zero-order valence-electron chi connectivity index (χ0n) is 19.3. The molecule has 1 N–H and O–H groups in total. The predicted octanol–water partition coefficient (Wildman–Crippen LogP) is 4.99. The number of aromatic nitrogens is 3. The number of rotatable bonds is 10. The number of benzene rings is 2. The lowest BCUT2D eigenvalue weighted by molar-refractivity contribution is -0.129. The van der Waals surface area contributed by atoms with Crippen molar-refractivity contribution in [3.8, 4) is 5.75 Å². The zero-order chi connectivity index (χ0) is 23.6. The van der Waals surface area contributed by atoms with E-state index in [4.69, 9.17) is 9.57 Å². The zero-order valence-corrected chi connectivity index (χ0v) is 19.3. The molecule has 0 aliphatic heterocycles. The molecule has 1 aliphatic rings. The Bertz CT molecular complexity index is 1100. The van der Waals surface area contributed by atoms with Crippen LogP contribution in [0.15, 0.2) is 72.9 Å². The Morgan fingerprint density at radius 2 is 1.88 bits per heavy atom. The monoisotopic (exact) mass is 458 g/mol. The molecule has 1 saturated carbocycles. The second-order valence-corrected chi connectivity index (χ2v) is 8.36. The molecule has 3 aromatic rings. The van der Waals surface area contributed by atoms with Gasteiger partial charge in [0.25, 0.3) is 5.91 Å². The fourth-order valence-electron chi connectivity index (χ4n) is 4.15. The SMILES string of the molecule is COc1ccc(CONC(=O)/C=C/c2cn(C(/C=C/c3ccccc3)C3CCCC3)nn2)cc1. The average Bonchev–Trinajstić information content (AvgIpc) is 3.57. The van der Waals surface area contributed by atoms with Crippen molar-refractivity contribution < 1.29 is 14.4 Å². The Balaban J connectivity index is 1.33. The minimum atomic E-state index is -0.362. The van der Waals surface area contributed by atoms with Gasteiger partial charge in [0, 0.05) is 6.08 Å². The summed E-state index contributed by atoms with van der Waals surface area (Å²) < 4.78 is 7.04. The summed E-state index contributed by atoms with van der Waals surface area (Å²) in [4.78, 5) is 17.4. The van der Waals surface area contributed by atoms with Crippen molar-refractivity contribution in [2.75, 3.05) is 7.11 Å². The molecule has 176 valence electrons. The first kappa shape index (κ1) is 23.4. The van der Waals surface area contributed by atoms with Gasteiger partial charge in [-0.2, -0.15) is 0 Å². The number of amides is 1. The minimum Gasteiger partial charge on any atom is -0.497 e. The summed E-state index contributed by atoms with van der Waals surface area (Å²) in [6, 6.07) is 17.9. The van der Waals surface area contributed by atoms with E-state index in [1.54, 1.807) is 13.2 Å². The van der Waals surface area contributed by atoms with Crippen LogP contribution in [-0.4, -0.2) is 28.0 Å². The van der Waals surface area contributed by atoms with Crippen LogP contribution >= 0.6 is 0 Å². The smallest absolute Gasteiger partial charge is 0.267 e. The molecule has 1 heterocycles. The highest BCUT2D eigenvalue weighted by Crippen LogP contribution is 2.35. The van der Waals surface area contributed by atoms with E-state index >= 15 is 0 Å². The Morgan fingerprint density at radius 3 is 2.62 bits per heavy atom. The summed E-state index contributed by atoms with van der Waals surface area (Å²) in [7, 11) is 1.62. The third kappa shape index (κ3) is 6.65. The standard InChI is InChI=1S/C27H30N4O3/c1-33-25-15-11-22(12-16-25)20-34-29-27(32)18-14-24-19-31(30-28-24)26(23-9-5-6-10-23)17-13-21-7-3-2-4-8-21/h2-4,7-8,11-19,23,26H,5-6,9-10,20H2,1H3,(H,29,32)/b17-13+,18-14+. The Labute approximate surface area is 200 Å². The maximum atomic E-state index is 12.1. The molecule has 2 aromatic carbocycles. The van der Waals surface area contributed by atoms with Crippen LogP contribution in [0.1, 0.15) is 48.5 Å².